The van der Waals surface area contributed by atoms with Crippen molar-refractivity contribution in [3.8, 4) is 12.3 Å². The average Bonchev–Trinajstić information content (AvgIpc) is 2.52. The molecule has 0 radical (unpaired) electrons. The molecule has 0 aromatic heterocycles. The molecule has 3 rings (SSSR count). The van der Waals surface area contributed by atoms with Gasteiger partial charge in [-0.25, -0.2) is 0 Å². The summed E-state index contributed by atoms with van der Waals surface area (Å²) in [6.07, 6.45) is 12.8. The Morgan fingerprint density at radius 3 is 2.60 bits per heavy atom. The van der Waals surface area contributed by atoms with E-state index in [1.165, 1.54) is 43.2 Å². The van der Waals surface area contributed by atoms with Crippen LogP contribution in [0.15, 0.2) is 24.3 Å². The molecular formula is C19H25N. The van der Waals surface area contributed by atoms with Crippen LogP contribution in [0.1, 0.15) is 63.1 Å². The second-order valence-corrected chi connectivity index (χ2v) is 6.70. The summed E-state index contributed by atoms with van der Waals surface area (Å²) in [6.45, 7) is 4.52. The molecule has 1 aliphatic carbocycles. The normalized spacial score (nSPS) is 34.2. The Morgan fingerprint density at radius 1 is 1.20 bits per heavy atom. The van der Waals surface area contributed by atoms with Crippen LogP contribution in [0, 0.1) is 18.3 Å². The Labute approximate surface area is 123 Å². The maximum Gasteiger partial charge on any atom is 0.0690 e. The number of terminal acetylenes is 1. The van der Waals surface area contributed by atoms with Crippen LogP contribution >= 0.6 is 0 Å². The molecule has 1 unspecified atom stereocenters. The fourth-order valence-corrected chi connectivity index (χ4v) is 4.28. The SMILES string of the molecule is C#CC1(C)c2ccccc2[C@@H](C)N[C@@H]1C1CCCCC1. The molecule has 1 aliphatic heterocycles. The van der Waals surface area contributed by atoms with Crippen LogP contribution in [0.25, 0.3) is 0 Å². The van der Waals surface area contributed by atoms with E-state index in [0.29, 0.717) is 12.1 Å². The topological polar surface area (TPSA) is 12.0 Å². The van der Waals surface area contributed by atoms with Crippen LogP contribution in [0.4, 0.5) is 0 Å². The third-order valence-electron chi connectivity index (χ3n) is 5.46. The molecule has 1 aromatic rings. The zero-order chi connectivity index (χ0) is 14.2. The Morgan fingerprint density at radius 2 is 1.90 bits per heavy atom. The van der Waals surface area contributed by atoms with Crippen LogP contribution in [-0.2, 0) is 5.41 Å². The summed E-state index contributed by atoms with van der Waals surface area (Å²) in [4.78, 5) is 0. The highest BCUT2D eigenvalue weighted by Gasteiger charge is 2.44. The number of hydrogen-bond acceptors (Lipinski definition) is 1. The Balaban J connectivity index is 2.02. The molecule has 2 aliphatic rings. The van der Waals surface area contributed by atoms with Gasteiger partial charge in [0.2, 0.25) is 0 Å². The molecule has 1 nitrogen and oxygen atoms in total. The van der Waals surface area contributed by atoms with Crippen molar-refractivity contribution in [2.75, 3.05) is 0 Å². The highest BCUT2D eigenvalue weighted by atomic mass is 15.0. The summed E-state index contributed by atoms with van der Waals surface area (Å²) in [5, 5.41) is 3.84. The Bertz CT molecular complexity index is 521. The zero-order valence-electron chi connectivity index (χ0n) is 12.7. The first kappa shape index (κ1) is 13.7. The summed E-state index contributed by atoms with van der Waals surface area (Å²) in [6, 6.07) is 9.53. The highest BCUT2D eigenvalue weighted by molar-refractivity contribution is 5.46. The van der Waals surface area contributed by atoms with Crippen molar-refractivity contribution >= 4 is 0 Å². The van der Waals surface area contributed by atoms with Gasteiger partial charge in [-0.3, -0.25) is 0 Å². The summed E-state index contributed by atoms with van der Waals surface area (Å²) in [7, 11) is 0. The van der Waals surface area contributed by atoms with E-state index < -0.39 is 0 Å². The highest BCUT2D eigenvalue weighted by Crippen LogP contribution is 2.43. The van der Waals surface area contributed by atoms with Crippen molar-refractivity contribution in [3.05, 3.63) is 35.4 Å². The molecule has 0 amide bonds. The van der Waals surface area contributed by atoms with E-state index >= 15 is 0 Å². The van der Waals surface area contributed by atoms with Crippen LogP contribution in [0.5, 0.6) is 0 Å². The monoisotopic (exact) mass is 267 g/mol. The van der Waals surface area contributed by atoms with Gasteiger partial charge in [0.15, 0.2) is 0 Å². The Hall–Kier alpha value is -1.26. The summed E-state index contributed by atoms with van der Waals surface area (Å²) < 4.78 is 0. The van der Waals surface area contributed by atoms with Gasteiger partial charge in [-0.1, -0.05) is 49.4 Å². The van der Waals surface area contributed by atoms with Crippen LogP contribution in [-0.4, -0.2) is 6.04 Å². The fraction of sp³-hybridized carbons (Fsp3) is 0.579. The Kier molecular flexibility index (Phi) is 3.61. The van der Waals surface area contributed by atoms with E-state index in [0.717, 1.165) is 5.92 Å². The number of fused-ring (bicyclic) bond motifs is 1. The molecule has 0 saturated heterocycles. The summed E-state index contributed by atoms with van der Waals surface area (Å²) in [5.41, 5.74) is 2.56. The van der Waals surface area contributed by atoms with Gasteiger partial charge < -0.3 is 5.32 Å². The molecule has 1 heterocycles. The maximum absolute atomic E-state index is 6.00. The van der Waals surface area contributed by atoms with Crippen LogP contribution in [0.3, 0.4) is 0 Å². The lowest BCUT2D eigenvalue weighted by molar-refractivity contribution is 0.190. The molecule has 1 aromatic carbocycles. The number of nitrogens with one attached hydrogen (secondary N) is 1. The molecular weight excluding hydrogens is 242 g/mol. The summed E-state index contributed by atoms with van der Waals surface area (Å²) >= 11 is 0. The minimum atomic E-state index is -0.175. The minimum absolute atomic E-state index is 0.175. The van der Waals surface area contributed by atoms with Gasteiger partial charge in [-0.05, 0) is 43.7 Å². The van der Waals surface area contributed by atoms with Gasteiger partial charge >= 0.3 is 0 Å². The van der Waals surface area contributed by atoms with E-state index in [9.17, 15) is 0 Å². The number of rotatable bonds is 1. The van der Waals surface area contributed by atoms with Gasteiger partial charge in [0.1, 0.15) is 0 Å². The summed E-state index contributed by atoms with van der Waals surface area (Å²) in [5.74, 6) is 3.86. The number of benzene rings is 1. The van der Waals surface area contributed by atoms with Crippen molar-refractivity contribution < 1.29 is 0 Å². The second-order valence-electron chi connectivity index (χ2n) is 6.70. The lowest BCUT2D eigenvalue weighted by Crippen LogP contribution is -2.55. The third-order valence-corrected chi connectivity index (χ3v) is 5.46. The van der Waals surface area contributed by atoms with E-state index in [2.05, 4.69) is 49.4 Å². The van der Waals surface area contributed by atoms with Crippen molar-refractivity contribution in [1.82, 2.24) is 5.32 Å². The standard InChI is InChI=1S/C19H25N/c1-4-19(3)17-13-9-8-12-16(17)14(2)20-18(19)15-10-6-5-7-11-15/h1,8-9,12-15,18,20H,5-7,10-11H2,2-3H3/t14-,18-,19?/m1/s1. The van der Waals surface area contributed by atoms with Crippen molar-refractivity contribution in [1.29, 1.82) is 0 Å². The zero-order valence-corrected chi connectivity index (χ0v) is 12.7. The molecule has 1 saturated carbocycles. The van der Waals surface area contributed by atoms with Crippen molar-refractivity contribution in [2.24, 2.45) is 5.92 Å². The molecule has 3 atom stereocenters. The quantitative estimate of drug-likeness (QED) is 0.752. The minimum Gasteiger partial charge on any atom is -0.305 e. The van der Waals surface area contributed by atoms with Gasteiger partial charge in [0.25, 0.3) is 0 Å². The maximum atomic E-state index is 6.00. The number of hydrogen-bond donors (Lipinski definition) is 1. The van der Waals surface area contributed by atoms with Gasteiger partial charge in [-0.2, -0.15) is 0 Å². The predicted octanol–water partition coefficient (Wildman–Crippen LogP) is 4.19. The van der Waals surface area contributed by atoms with E-state index in [1.54, 1.807) is 0 Å². The first-order valence-electron chi connectivity index (χ1n) is 8.00. The first-order chi connectivity index (χ1) is 9.66. The predicted molar refractivity (Wildman–Crippen MR) is 84.5 cm³/mol. The molecule has 20 heavy (non-hydrogen) atoms. The van der Waals surface area contributed by atoms with Crippen LogP contribution in [0.2, 0.25) is 0 Å². The van der Waals surface area contributed by atoms with Crippen LogP contribution < -0.4 is 5.32 Å². The first-order valence-corrected chi connectivity index (χ1v) is 8.00. The smallest absolute Gasteiger partial charge is 0.0690 e. The van der Waals surface area contributed by atoms with Crippen molar-refractivity contribution in [2.45, 2.75) is 63.5 Å². The lowest BCUT2D eigenvalue weighted by Gasteiger charge is -2.47. The molecule has 106 valence electrons. The second kappa shape index (κ2) is 5.26. The largest absolute Gasteiger partial charge is 0.305 e. The molecule has 0 bridgehead atoms. The van der Waals surface area contributed by atoms with Gasteiger partial charge in [-0.15, -0.1) is 6.42 Å². The molecule has 1 heteroatoms. The van der Waals surface area contributed by atoms with Gasteiger partial charge in [0, 0.05) is 12.1 Å². The lowest BCUT2D eigenvalue weighted by atomic mass is 9.64. The van der Waals surface area contributed by atoms with E-state index in [4.69, 9.17) is 6.42 Å². The van der Waals surface area contributed by atoms with E-state index in [-0.39, 0.29) is 5.41 Å². The molecule has 1 fully saturated rings. The van der Waals surface area contributed by atoms with Crippen molar-refractivity contribution in [3.63, 3.8) is 0 Å². The third kappa shape index (κ3) is 2.07. The average molecular weight is 267 g/mol. The van der Waals surface area contributed by atoms with E-state index in [1.807, 2.05) is 0 Å². The molecule has 0 spiro atoms. The molecule has 1 N–H and O–H groups in total. The fourth-order valence-electron chi connectivity index (χ4n) is 4.28. The van der Waals surface area contributed by atoms with Gasteiger partial charge in [0.05, 0.1) is 5.41 Å².